The second-order valence-corrected chi connectivity index (χ2v) is 4.81. The Labute approximate surface area is 119 Å². The average Bonchev–Trinajstić information content (AvgIpc) is 2.69. The molecule has 1 saturated heterocycles. The van der Waals surface area contributed by atoms with Crippen LogP contribution in [-0.4, -0.2) is 43.7 Å². The molecule has 104 valence electrons. The van der Waals surface area contributed by atoms with E-state index in [1.807, 2.05) is 23.1 Å². The maximum atomic E-state index is 12.4. The monoisotopic (exact) mass is 282 g/mol. The van der Waals surface area contributed by atoms with Gasteiger partial charge in [0.25, 0.3) is 5.91 Å². The Kier molecular flexibility index (Phi) is 4.66. The zero-order chi connectivity index (χ0) is 12.4. The molecule has 1 aromatic rings. The van der Waals surface area contributed by atoms with Gasteiger partial charge in [-0.1, -0.05) is 0 Å². The van der Waals surface area contributed by atoms with Gasteiger partial charge < -0.3 is 15.0 Å². The predicted octanol–water partition coefficient (Wildman–Crippen LogP) is 1.94. The first kappa shape index (κ1) is 14.2. The molecule has 4 nitrogen and oxygen atoms in total. The molecule has 0 bridgehead atoms. The number of benzene rings is 1. The summed E-state index contributed by atoms with van der Waals surface area (Å²) in [6.45, 7) is 3.89. The lowest BCUT2D eigenvalue weighted by Gasteiger charge is -2.19. The number of fused-ring (bicyclic) bond motifs is 1. The van der Waals surface area contributed by atoms with Gasteiger partial charge in [-0.25, -0.2) is 0 Å². The van der Waals surface area contributed by atoms with Crippen LogP contribution in [0.3, 0.4) is 0 Å². The molecule has 1 aromatic carbocycles. The van der Waals surface area contributed by atoms with Crippen molar-refractivity contribution in [3.63, 3.8) is 0 Å². The standard InChI is InChI=1S/C14H18N2O2.ClH/c17-14(16-6-1-8-18-9-7-16)12-2-3-13-11(10-12)4-5-15-13;/h2-3,10,15H,1,4-9H2;1H. The number of carbonyl (C=O) groups is 1. The molecule has 1 amide bonds. The van der Waals surface area contributed by atoms with E-state index in [0.29, 0.717) is 13.2 Å². The van der Waals surface area contributed by atoms with Crippen LogP contribution in [0.1, 0.15) is 22.3 Å². The highest BCUT2D eigenvalue weighted by Crippen LogP contribution is 2.23. The molecule has 0 spiro atoms. The first-order chi connectivity index (χ1) is 8.84. The molecule has 0 aromatic heterocycles. The molecule has 0 aliphatic carbocycles. The molecule has 0 radical (unpaired) electrons. The maximum absolute atomic E-state index is 12.4. The lowest BCUT2D eigenvalue weighted by atomic mass is 10.1. The normalized spacial score (nSPS) is 18.0. The number of hydrogen-bond donors (Lipinski definition) is 1. The van der Waals surface area contributed by atoms with Crippen LogP contribution in [0.15, 0.2) is 18.2 Å². The number of nitrogens with zero attached hydrogens (tertiary/aromatic N) is 1. The van der Waals surface area contributed by atoms with Gasteiger partial charge in [-0.05, 0) is 36.6 Å². The maximum Gasteiger partial charge on any atom is 0.253 e. The van der Waals surface area contributed by atoms with Crippen LogP contribution in [0.25, 0.3) is 0 Å². The average molecular weight is 283 g/mol. The van der Waals surface area contributed by atoms with Crippen LogP contribution in [0, 0.1) is 0 Å². The number of carbonyl (C=O) groups excluding carboxylic acids is 1. The third-order valence-corrected chi connectivity index (χ3v) is 3.57. The van der Waals surface area contributed by atoms with Crippen molar-refractivity contribution in [3.05, 3.63) is 29.3 Å². The lowest BCUT2D eigenvalue weighted by Crippen LogP contribution is -2.33. The summed E-state index contributed by atoms with van der Waals surface area (Å²) in [7, 11) is 0. The van der Waals surface area contributed by atoms with Gasteiger partial charge in [0, 0.05) is 37.5 Å². The van der Waals surface area contributed by atoms with Crippen LogP contribution in [0.4, 0.5) is 5.69 Å². The van der Waals surface area contributed by atoms with Gasteiger partial charge in [0.1, 0.15) is 0 Å². The second-order valence-electron chi connectivity index (χ2n) is 4.81. The Bertz CT molecular complexity index is 457. The number of anilines is 1. The molecule has 1 N–H and O–H groups in total. The van der Waals surface area contributed by atoms with E-state index in [1.165, 1.54) is 11.3 Å². The minimum absolute atomic E-state index is 0. The van der Waals surface area contributed by atoms with Crippen molar-refractivity contribution >= 4 is 24.0 Å². The molecule has 2 aliphatic heterocycles. The number of ether oxygens (including phenoxy) is 1. The van der Waals surface area contributed by atoms with Crippen molar-refractivity contribution in [1.82, 2.24) is 4.90 Å². The van der Waals surface area contributed by atoms with Crippen LogP contribution < -0.4 is 5.32 Å². The van der Waals surface area contributed by atoms with E-state index in [4.69, 9.17) is 4.74 Å². The summed E-state index contributed by atoms with van der Waals surface area (Å²) < 4.78 is 5.38. The SMILES string of the molecule is Cl.O=C(c1ccc2c(c1)CCN2)N1CCCOCC1. The topological polar surface area (TPSA) is 41.6 Å². The molecule has 3 rings (SSSR count). The molecular weight excluding hydrogens is 264 g/mol. The van der Waals surface area contributed by atoms with Crippen LogP contribution in [0.2, 0.25) is 0 Å². The summed E-state index contributed by atoms with van der Waals surface area (Å²) in [5.74, 6) is 0.134. The van der Waals surface area contributed by atoms with Gasteiger partial charge in [0.2, 0.25) is 0 Å². The van der Waals surface area contributed by atoms with Crippen molar-refractivity contribution in [1.29, 1.82) is 0 Å². The highest BCUT2D eigenvalue weighted by atomic mass is 35.5. The Morgan fingerprint density at radius 2 is 2.16 bits per heavy atom. The Balaban J connectivity index is 0.00000133. The fraction of sp³-hybridized carbons (Fsp3) is 0.500. The molecule has 19 heavy (non-hydrogen) atoms. The fourth-order valence-electron chi connectivity index (χ4n) is 2.57. The first-order valence-corrected chi connectivity index (χ1v) is 6.58. The quantitative estimate of drug-likeness (QED) is 0.856. The number of hydrogen-bond acceptors (Lipinski definition) is 3. The minimum Gasteiger partial charge on any atom is -0.384 e. The van der Waals surface area contributed by atoms with Crippen molar-refractivity contribution in [2.24, 2.45) is 0 Å². The van der Waals surface area contributed by atoms with E-state index < -0.39 is 0 Å². The third kappa shape index (κ3) is 3.01. The van der Waals surface area contributed by atoms with E-state index >= 15 is 0 Å². The highest BCUT2D eigenvalue weighted by molar-refractivity contribution is 5.95. The molecule has 5 heteroatoms. The van der Waals surface area contributed by atoms with Crippen LogP contribution in [0.5, 0.6) is 0 Å². The molecular formula is C14H19ClN2O2. The Morgan fingerprint density at radius 3 is 3.05 bits per heavy atom. The van der Waals surface area contributed by atoms with E-state index in [0.717, 1.165) is 38.1 Å². The first-order valence-electron chi connectivity index (χ1n) is 6.58. The van der Waals surface area contributed by atoms with Gasteiger partial charge in [-0.2, -0.15) is 0 Å². The number of rotatable bonds is 1. The van der Waals surface area contributed by atoms with Gasteiger partial charge in [-0.3, -0.25) is 4.79 Å². The van der Waals surface area contributed by atoms with Gasteiger partial charge in [-0.15, -0.1) is 12.4 Å². The zero-order valence-corrected chi connectivity index (χ0v) is 11.7. The summed E-state index contributed by atoms with van der Waals surface area (Å²) in [4.78, 5) is 14.3. The van der Waals surface area contributed by atoms with Gasteiger partial charge in [0.05, 0.1) is 6.61 Å². The summed E-state index contributed by atoms with van der Waals surface area (Å²) in [6.07, 6.45) is 1.94. The Hall–Kier alpha value is -1.26. The summed E-state index contributed by atoms with van der Waals surface area (Å²) in [6, 6.07) is 5.97. The van der Waals surface area contributed by atoms with Crippen molar-refractivity contribution in [2.75, 3.05) is 38.2 Å². The van der Waals surface area contributed by atoms with Crippen molar-refractivity contribution in [2.45, 2.75) is 12.8 Å². The smallest absolute Gasteiger partial charge is 0.253 e. The van der Waals surface area contributed by atoms with E-state index in [9.17, 15) is 4.79 Å². The van der Waals surface area contributed by atoms with Crippen LogP contribution >= 0.6 is 12.4 Å². The van der Waals surface area contributed by atoms with E-state index in [-0.39, 0.29) is 18.3 Å². The van der Waals surface area contributed by atoms with Crippen molar-refractivity contribution < 1.29 is 9.53 Å². The number of amides is 1. The van der Waals surface area contributed by atoms with Gasteiger partial charge >= 0.3 is 0 Å². The van der Waals surface area contributed by atoms with Gasteiger partial charge in [0.15, 0.2) is 0 Å². The third-order valence-electron chi connectivity index (χ3n) is 3.57. The molecule has 1 fully saturated rings. The molecule has 2 heterocycles. The molecule has 0 saturated carbocycles. The summed E-state index contributed by atoms with van der Waals surface area (Å²) in [5, 5.41) is 3.31. The van der Waals surface area contributed by atoms with Crippen LogP contribution in [-0.2, 0) is 11.2 Å². The Morgan fingerprint density at radius 1 is 1.26 bits per heavy atom. The minimum atomic E-state index is 0. The summed E-state index contributed by atoms with van der Waals surface area (Å²) in [5.41, 5.74) is 3.23. The predicted molar refractivity (Wildman–Crippen MR) is 77.2 cm³/mol. The van der Waals surface area contributed by atoms with E-state index in [1.54, 1.807) is 0 Å². The zero-order valence-electron chi connectivity index (χ0n) is 10.9. The largest absolute Gasteiger partial charge is 0.384 e. The number of nitrogens with one attached hydrogen (secondary N) is 1. The molecule has 0 atom stereocenters. The van der Waals surface area contributed by atoms with E-state index in [2.05, 4.69) is 5.32 Å². The summed E-state index contributed by atoms with van der Waals surface area (Å²) >= 11 is 0. The highest BCUT2D eigenvalue weighted by Gasteiger charge is 2.19. The fourth-order valence-corrected chi connectivity index (χ4v) is 2.57. The number of halogens is 1. The second kappa shape index (κ2) is 6.26. The molecule has 2 aliphatic rings. The molecule has 0 unspecified atom stereocenters. The van der Waals surface area contributed by atoms with Crippen molar-refractivity contribution in [3.8, 4) is 0 Å². The lowest BCUT2D eigenvalue weighted by molar-refractivity contribution is 0.0741.